The molecule has 2 aromatic carbocycles. The van der Waals surface area contributed by atoms with Crippen LogP contribution >= 0.6 is 0 Å². The van der Waals surface area contributed by atoms with Crippen LogP contribution in [0, 0.1) is 10.1 Å². The Morgan fingerprint density at radius 2 is 1.81 bits per heavy atom. The Balaban J connectivity index is 1.51. The SMILES string of the molecule is CCCCNC(=O)CN1CN(c2ccccc2)C2(CCN(C(=O)c3cccc([N+](=O)[O-])c3)CC2)C1=O. The van der Waals surface area contributed by atoms with E-state index in [1.807, 2.05) is 42.2 Å². The zero-order valence-electron chi connectivity index (χ0n) is 20.4. The van der Waals surface area contributed by atoms with Crippen LogP contribution in [0.1, 0.15) is 43.0 Å². The van der Waals surface area contributed by atoms with Gasteiger partial charge in [-0.15, -0.1) is 0 Å². The van der Waals surface area contributed by atoms with Gasteiger partial charge in [-0.1, -0.05) is 37.6 Å². The van der Waals surface area contributed by atoms with Crippen LogP contribution in [-0.2, 0) is 9.59 Å². The third kappa shape index (κ3) is 5.02. The maximum atomic E-state index is 13.7. The highest BCUT2D eigenvalue weighted by molar-refractivity contribution is 5.98. The lowest BCUT2D eigenvalue weighted by Crippen LogP contribution is -2.57. The molecule has 0 bridgehead atoms. The first-order chi connectivity index (χ1) is 17.4. The summed E-state index contributed by atoms with van der Waals surface area (Å²) in [6.07, 6.45) is 2.65. The Kier molecular flexibility index (Phi) is 7.52. The molecule has 0 radical (unpaired) electrons. The van der Waals surface area contributed by atoms with Crippen LogP contribution < -0.4 is 10.2 Å². The lowest BCUT2D eigenvalue weighted by atomic mass is 9.85. The van der Waals surface area contributed by atoms with Gasteiger partial charge >= 0.3 is 0 Å². The highest BCUT2D eigenvalue weighted by atomic mass is 16.6. The van der Waals surface area contributed by atoms with Gasteiger partial charge in [0.2, 0.25) is 5.91 Å². The average Bonchev–Trinajstić information content (AvgIpc) is 3.15. The number of benzene rings is 2. The molecule has 4 rings (SSSR count). The molecule has 0 unspecified atom stereocenters. The molecule has 2 fully saturated rings. The van der Waals surface area contributed by atoms with Crippen molar-refractivity contribution in [3.63, 3.8) is 0 Å². The predicted molar refractivity (Wildman–Crippen MR) is 134 cm³/mol. The smallest absolute Gasteiger partial charge is 0.270 e. The fourth-order valence-electron chi connectivity index (χ4n) is 4.97. The molecule has 1 N–H and O–H groups in total. The zero-order valence-corrected chi connectivity index (χ0v) is 20.4. The highest BCUT2D eigenvalue weighted by Gasteiger charge is 2.54. The molecule has 10 nitrogen and oxygen atoms in total. The summed E-state index contributed by atoms with van der Waals surface area (Å²) < 4.78 is 0. The molecule has 36 heavy (non-hydrogen) atoms. The minimum absolute atomic E-state index is 0.00996. The molecule has 2 heterocycles. The molecule has 1 spiro atoms. The molecule has 3 amide bonds. The molecule has 2 aromatic rings. The number of nitro groups is 1. The molecular weight excluding hydrogens is 462 g/mol. The van der Waals surface area contributed by atoms with Crippen molar-refractivity contribution in [3.05, 3.63) is 70.3 Å². The van der Waals surface area contributed by atoms with Gasteiger partial charge in [0.05, 0.1) is 11.6 Å². The van der Waals surface area contributed by atoms with Crippen molar-refractivity contribution < 1.29 is 19.3 Å². The highest BCUT2D eigenvalue weighted by Crippen LogP contribution is 2.39. The molecule has 10 heteroatoms. The van der Waals surface area contributed by atoms with Crippen LogP contribution in [0.2, 0.25) is 0 Å². The summed E-state index contributed by atoms with van der Waals surface area (Å²) in [5.74, 6) is -0.586. The minimum atomic E-state index is -0.857. The molecule has 190 valence electrons. The van der Waals surface area contributed by atoms with Gasteiger partial charge in [-0.2, -0.15) is 0 Å². The number of anilines is 1. The van der Waals surface area contributed by atoms with E-state index in [4.69, 9.17) is 0 Å². The van der Waals surface area contributed by atoms with Crippen molar-refractivity contribution in [1.82, 2.24) is 15.1 Å². The van der Waals surface area contributed by atoms with E-state index in [-0.39, 0.29) is 35.5 Å². The monoisotopic (exact) mass is 493 g/mol. The molecule has 0 saturated carbocycles. The van der Waals surface area contributed by atoms with E-state index in [1.54, 1.807) is 15.9 Å². The van der Waals surface area contributed by atoms with Crippen molar-refractivity contribution in [2.45, 2.75) is 38.1 Å². The van der Waals surface area contributed by atoms with E-state index >= 15 is 0 Å². The third-order valence-electron chi connectivity index (χ3n) is 6.95. The van der Waals surface area contributed by atoms with Gasteiger partial charge in [-0.05, 0) is 37.5 Å². The first-order valence-electron chi connectivity index (χ1n) is 12.3. The maximum absolute atomic E-state index is 13.7. The van der Waals surface area contributed by atoms with E-state index in [9.17, 15) is 24.5 Å². The number of hydrogen-bond acceptors (Lipinski definition) is 6. The van der Waals surface area contributed by atoms with Crippen LogP contribution in [-0.4, -0.2) is 70.8 Å². The third-order valence-corrected chi connectivity index (χ3v) is 6.95. The van der Waals surface area contributed by atoms with E-state index in [1.165, 1.54) is 18.2 Å². The Labute approximate surface area is 210 Å². The number of unbranched alkanes of at least 4 members (excludes halogenated alkanes) is 1. The van der Waals surface area contributed by atoms with E-state index in [0.29, 0.717) is 39.1 Å². The van der Waals surface area contributed by atoms with Gasteiger partial charge in [-0.25, -0.2) is 0 Å². The summed E-state index contributed by atoms with van der Waals surface area (Å²) in [7, 11) is 0. The lowest BCUT2D eigenvalue weighted by Gasteiger charge is -2.43. The number of nitrogens with zero attached hydrogens (tertiary/aromatic N) is 4. The minimum Gasteiger partial charge on any atom is -0.355 e. The van der Waals surface area contributed by atoms with Crippen LogP contribution in [0.25, 0.3) is 0 Å². The fourth-order valence-corrected chi connectivity index (χ4v) is 4.97. The van der Waals surface area contributed by atoms with Crippen molar-refractivity contribution in [2.75, 3.05) is 37.7 Å². The Morgan fingerprint density at radius 1 is 1.08 bits per heavy atom. The van der Waals surface area contributed by atoms with Crippen molar-refractivity contribution in [2.24, 2.45) is 0 Å². The van der Waals surface area contributed by atoms with Gasteiger partial charge < -0.3 is 20.0 Å². The maximum Gasteiger partial charge on any atom is 0.270 e. The van der Waals surface area contributed by atoms with Crippen LogP contribution in [0.5, 0.6) is 0 Å². The normalized spacial score (nSPS) is 16.9. The number of rotatable bonds is 8. The largest absolute Gasteiger partial charge is 0.355 e. The number of nitro benzene ring substituents is 1. The number of carbonyl (C=O) groups excluding carboxylic acids is 3. The number of likely N-dealkylation sites (tertiary alicyclic amines) is 1. The van der Waals surface area contributed by atoms with Gasteiger partial charge in [0.15, 0.2) is 0 Å². The standard InChI is InChI=1S/C26H31N5O5/c1-2-3-14-27-23(32)18-29-19-30(21-9-5-4-6-10-21)26(25(29)34)12-15-28(16-13-26)24(33)20-8-7-11-22(17-20)31(35)36/h4-11,17H,2-3,12-16,18-19H2,1H3,(H,27,32). The topological polar surface area (TPSA) is 116 Å². The van der Waals surface area contributed by atoms with Crippen LogP contribution in [0.4, 0.5) is 11.4 Å². The Bertz CT molecular complexity index is 1130. The Hall–Kier alpha value is -3.95. The molecule has 2 aliphatic rings. The number of non-ortho nitro benzene ring substituents is 1. The molecule has 0 aliphatic carbocycles. The summed E-state index contributed by atoms with van der Waals surface area (Å²) in [6.45, 7) is 3.57. The van der Waals surface area contributed by atoms with Crippen molar-refractivity contribution >= 4 is 29.1 Å². The summed E-state index contributed by atoms with van der Waals surface area (Å²) in [6, 6.07) is 15.3. The molecule has 0 atom stereocenters. The first-order valence-corrected chi connectivity index (χ1v) is 12.3. The van der Waals surface area contributed by atoms with Gasteiger partial charge in [0.25, 0.3) is 17.5 Å². The predicted octanol–water partition coefficient (Wildman–Crippen LogP) is 2.79. The van der Waals surface area contributed by atoms with E-state index < -0.39 is 10.5 Å². The van der Waals surface area contributed by atoms with Crippen LogP contribution in [0.3, 0.4) is 0 Å². The summed E-state index contributed by atoms with van der Waals surface area (Å²) in [5.41, 5.74) is 0.148. The zero-order chi connectivity index (χ0) is 25.7. The van der Waals surface area contributed by atoms with Gasteiger partial charge in [0, 0.05) is 43.0 Å². The Morgan fingerprint density at radius 3 is 2.47 bits per heavy atom. The molecule has 0 aromatic heterocycles. The van der Waals surface area contributed by atoms with Gasteiger partial charge in [0.1, 0.15) is 12.1 Å². The quantitative estimate of drug-likeness (QED) is 0.343. The number of amides is 3. The average molecular weight is 494 g/mol. The number of para-hydroxylation sites is 1. The number of hydrogen-bond donors (Lipinski definition) is 1. The number of piperidine rings is 1. The van der Waals surface area contributed by atoms with Crippen molar-refractivity contribution in [1.29, 1.82) is 0 Å². The van der Waals surface area contributed by atoms with E-state index in [2.05, 4.69) is 5.32 Å². The first kappa shape index (κ1) is 25.2. The summed E-state index contributed by atoms with van der Waals surface area (Å²) in [4.78, 5) is 55.2. The number of nitrogens with one attached hydrogen (secondary N) is 1. The van der Waals surface area contributed by atoms with Crippen LogP contribution in [0.15, 0.2) is 54.6 Å². The summed E-state index contributed by atoms with van der Waals surface area (Å²) >= 11 is 0. The second-order valence-corrected chi connectivity index (χ2v) is 9.24. The number of carbonyl (C=O) groups is 3. The second kappa shape index (κ2) is 10.8. The fraction of sp³-hybridized carbons (Fsp3) is 0.423. The lowest BCUT2D eigenvalue weighted by molar-refractivity contribution is -0.384. The molecule has 2 aliphatic heterocycles. The second-order valence-electron chi connectivity index (χ2n) is 9.24. The molecule has 2 saturated heterocycles. The van der Waals surface area contributed by atoms with Gasteiger partial charge in [-0.3, -0.25) is 24.5 Å². The van der Waals surface area contributed by atoms with Crippen molar-refractivity contribution in [3.8, 4) is 0 Å². The summed E-state index contributed by atoms with van der Waals surface area (Å²) in [5, 5.41) is 14.0. The van der Waals surface area contributed by atoms with E-state index in [0.717, 1.165) is 18.5 Å². The molecular formula is C26H31N5O5.